The summed E-state index contributed by atoms with van der Waals surface area (Å²) in [6, 6.07) is 19.6. The molecule has 0 atom stereocenters. The fourth-order valence-electron chi connectivity index (χ4n) is 3.46. The molecule has 0 unspecified atom stereocenters. The van der Waals surface area contributed by atoms with E-state index in [1.165, 1.54) is 32.0 Å². The Morgan fingerprint density at radius 3 is 2.41 bits per heavy atom. The van der Waals surface area contributed by atoms with Gasteiger partial charge in [0.1, 0.15) is 5.75 Å². The SMILES string of the molecule is COc1ccc(-c2nnc(SCC(=O)NN=Cc3ccc(OC(C)=O)c(OC)c3)n2-c2ccc(Cl)cc2)cc1. The predicted molar refractivity (Wildman–Crippen MR) is 149 cm³/mol. The van der Waals surface area contributed by atoms with E-state index in [1.54, 1.807) is 37.4 Å². The third-order valence-corrected chi connectivity index (χ3v) is 6.42. The van der Waals surface area contributed by atoms with Gasteiger partial charge in [0.15, 0.2) is 22.5 Å². The van der Waals surface area contributed by atoms with Crippen LogP contribution >= 0.6 is 23.4 Å². The Morgan fingerprint density at radius 1 is 1.00 bits per heavy atom. The number of carbonyl (C=O) groups excluding carboxylic acids is 2. The van der Waals surface area contributed by atoms with Crippen LogP contribution in [0.4, 0.5) is 0 Å². The van der Waals surface area contributed by atoms with Crippen LogP contribution in [0, 0.1) is 0 Å². The van der Waals surface area contributed by atoms with Gasteiger partial charge in [-0.25, -0.2) is 5.43 Å². The number of rotatable bonds is 10. The van der Waals surface area contributed by atoms with Crippen LogP contribution in [0.3, 0.4) is 0 Å². The van der Waals surface area contributed by atoms with Gasteiger partial charge in [0.05, 0.1) is 26.2 Å². The van der Waals surface area contributed by atoms with Crippen molar-refractivity contribution in [2.24, 2.45) is 5.10 Å². The number of methoxy groups -OCH3 is 2. The lowest BCUT2D eigenvalue weighted by molar-refractivity contribution is -0.132. The van der Waals surface area contributed by atoms with E-state index in [2.05, 4.69) is 20.7 Å². The molecule has 3 aromatic carbocycles. The second-order valence-corrected chi connectivity index (χ2v) is 9.31. The van der Waals surface area contributed by atoms with E-state index in [1.807, 2.05) is 41.0 Å². The molecule has 1 N–H and O–H groups in total. The summed E-state index contributed by atoms with van der Waals surface area (Å²) in [6.45, 7) is 1.31. The Balaban J connectivity index is 1.46. The van der Waals surface area contributed by atoms with Gasteiger partial charge >= 0.3 is 5.97 Å². The zero-order valence-electron chi connectivity index (χ0n) is 21.3. The summed E-state index contributed by atoms with van der Waals surface area (Å²) in [7, 11) is 3.07. The van der Waals surface area contributed by atoms with Gasteiger partial charge in [0.2, 0.25) is 0 Å². The summed E-state index contributed by atoms with van der Waals surface area (Å²) in [5.74, 6) is 1.24. The van der Waals surface area contributed by atoms with E-state index in [0.717, 1.165) is 17.0 Å². The van der Waals surface area contributed by atoms with Crippen LogP contribution in [-0.2, 0) is 9.59 Å². The predicted octanol–water partition coefficient (Wildman–Crippen LogP) is 4.77. The van der Waals surface area contributed by atoms with E-state index in [9.17, 15) is 9.59 Å². The van der Waals surface area contributed by atoms with Crippen LogP contribution < -0.4 is 19.6 Å². The van der Waals surface area contributed by atoms with E-state index < -0.39 is 5.97 Å². The van der Waals surface area contributed by atoms with Crippen LogP contribution in [-0.4, -0.2) is 52.8 Å². The number of aromatic nitrogens is 3. The highest BCUT2D eigenvalue weighted by Gasteiger charge is 2.17. The third-order valence-electron chi connectivity index (χ3n) is 5.24. The molecule has 0 bridgehead atoms. The number of hydrogen-bond donors (Lipinski definition) is 1. The third kappa shape index (κ3) is 7.15. The van der Waals surface area contributed by atoms with Gasteiger partial charge in [-0.15, -0.1) is 10.2 Å². The van der Waals surface area contributed by atoms with Gasteiger partial charge in [0, 0.05) is 23.2 Å². The Bertz CT molecular complexity index is 1490. The Kier molecular flexibility index (Phi) is 9.18. The lowest BCUT2D eigenvalue weighted by Crippen LogP contribution is -2.20. The molecule has 0 fully saturated rings. The van der Waals surface area contributed by atoms with Crippen molar-refractivity contribution in [2.45, 2.75) is 12.1 Å². The molecule has 0 spiro atoms. The van der Waals surface area contributed by atoms with Gasteiger partial charge in [-0.05, 0) is 72.3 Å². The van der Waals surface area contributed by atoms with Crippen LogP contribution in [0.1, 0.15) is 12.5 Å². The number of hydrazone groups is 1. The van der Waals surface area contributed by atoms with E-state index in [4.69, 9.17) is 25.8 Å². The minimum absolute atomic E-state index is 0.0420. The number of halogens is 1. The number of esters is 1. The minimum Gasteiger partial charge on any atom is -0.497 e. The number of nitrogens with one attached hydrogen (secondary N) is 1. The number of nitrogens with zero attached hydrogens (tertiary/aromatic N) is 4. The van der Waals surface area contributed by atoms with Gasteiger partial charge in [-0.2, -0.15) is 5.10 Å². The van der Waals surface area contributed by atoms with E-state index >= 15 is 0 Å². The molecule has 4 rings (SSSR count). The van der Waals surface area contributed by atoms with Crippen molar-refractivity contribution in [1.29, 1.82) is 0 Å². The van der Waals surface area contributed by atoms with Crippen molar-refractivity contribution in [3.8, 4) is 34.3 Å². The summed E-state index contributed by atoms with van der Waals surface area (Å²) in [4.78, 5) is 23.7. The summed E-state index contributed by atoms with van der Waals surface area (Å²) < 4.78 is 17.4. The maximum atomic E-state index is 12.5. The van der Waals surface area contributed by atoms with Gasteiger partial charge < -0.3 is 14.2 Å². The minimum atomic E-state index is -0.456. The molecule has 0 aliphatic carbocycles. The summed E-state index contributed by atoms with van der Waals surface area (Å²) >= 11 is 7.30. The summed E-state index contributed by atoms with van der Waals surface area (Å²) in [5, 5.41) is 13.8. The molecule has 0 aliphatic rings. The molecule has 200 valence electrons. The quantitative estimate of drug-likeness (QED) is 0.0960. The lowest BCUT2D eigenvalue weighted by atomic mass is 10.2. The fraction of sp³-hybridized carbons (Fsp3) is 0.148. The van der Waals surface area contributed by atoms with Crippen molar-refractivity contribution in [3.63, 3.8) is 0 Å². The van der Waals surface area contributed by atoms with Crippen LogP contribution in [0.2, 0.25) is 5.02 Å². The smallest absolute Gasteiger partial charge is 0.308 e. The molecular formula is C27H24ClN5O5S. The molecule has 1 aromatic heterocycles. The Morgan fingerprint density at radius 2 is 1.74 bits per heavy atom. The van der Waals surface area contributed by atoms with Crippen molar-refractivity contribution < 1.29 is 23.8 Å². The Hall–Kier alpha value is -4.35. The standard InChI is InChI=1S/C27H24ClN5O5S/c1-17(34)38-23-13-4-18(14-24(23)37-3)15-29-30-25(35)16-39-27-32-31-26(19-5-11-22(36-2)12-6-19)33(27)21-9-7-20(28)8-10-21/h4-15H,16H2,1-3H3,(H,30,35). The van der Waals surface area contributed by atoms with Crippen molar-refractivity contribution in [1.82, 2.24) is 20.2 Å². The molecule has 12 heteroatoms. The lowest BCUT2D eigenvalue weighted by Gasteiger charge is -2.11. The fourth-order valence-corrected chi connectivity index (χ4v) is 4.33. The van der Waals surface area contributed by atoms with Gasteiger partial charge in [-0.3, -0.25) is 14.2 Å². The molecule has 39 heavy (non-hydrogen) atoms. The molecule has 1 amide bonds. The van der Waals surface area contributed by atoms with Crippen molar-refractivity contribution in [3.05, 3.63) is 77.3 Å². The monoisotopic (exact) mass is 565 g/mol. The van der Waals surface area contributed by atoms with Crippen LogP contribution in [0.25, 0.3) is 17.1 Å². The highest BCUT2D eigenvalue weighted by molar-refractivity contribution is 7.99. The first kappa shape index (κ1) is 27.7. The molecule has 1 heterocycles. The Labute approximate surface area is 233 Å². The van der Waals surface area contributed by atoms with Gasteiger partial charge in [-0.1, -0.05) is 23.4 Å². The van der Waals surface area contributed by atoms with E-state index in [-0.39, 0.29) is 11.7 Å². The maximum absolute atomic E-state index is 12.5. The average Bonchev–Trinajstić information content (AvgIpc) is 3.36. The maximum Gasteiger partial charge on any atom is 0.308 e. The zero-order valence-corrected chi connectivity index (χ0v) is 22.8. The number of benzene rings is 3. The number of ether oxygens (including phenoxy) is 3. The number of amides is 1. The van der Waals surface area contributed by atoms with Crippen molar-refractivity contribution in [2.75, 3.05) is 20.0 Å². The summed E-state index contributed by atoms with van der Waals surface area (Å²) in [5.41, 5.74) is 4.76. The topological polar surface area (TPSA) is 117 Å². The molecule has 4 aromatic rings. The second kappa shape index (κ2) is 12.9. The number of carbonyl (C=O) groups is 2. The first-order valence-electron chi connectivity index (χ1n) is 11.5. The second-order valence-electron chi connectivity index (χ2n) is 7.93. The molecule has 10 nitrogen and oxygen atoms in total. The largest absolute Gasteiger partial charge is 0.497 e. The molecule has 0 aliphatic heterocycles. The number of thioether (sulfide) groups is 1. The zero-order chi connectivity index (χ0) is 27.8. The first-order chi connectivity index (χ1) is 18.9. The highest BCUT2D eigenvalue weighted by atomic mass is 35.5. The molecule has 0 radical (unpaired) electrons. The molecule has 0 saturated heterocycles. The normalized spacial score (nSPS) is 10.9. The average molecular weight is 566 g/mol. The first-order valence-corrected chi connectivity index (χ1v) is 12.9. The van der Waals surface area contributed by atoms with Crippen LogP contribution in [0.5, 0.6) is 17.2 Å². The van der Waals surface area contributed by atoms with Gasteiger partial charge in [0.25, 0.3) is 5.91 Å². The molecule has 0 saturated carbocycles. The van der Waals surface area contributed by atoms with Crippen molar-refractivity contribution >= 4 is 41.5 Å². The van der Waals surface area contributed by atoms with E-state index in [0.29, 0.717) is 33.1 Å². The highest BCUT2D eigenvalue weighted by Crippen LogP contribution is 2.30. The van der Waals surface area contributed by atoms with Crippen LogP contribution in [0.15, 0.2) is 77.0 Å². The number of hydrogen-bond acceptors (Lipinski definition) is 9. The summed E-state index contributed by atoms with van der Waals surface area (Å²) in [6.07, 6.45) is 1.46. The molecular weight excluding hydrogens is 542 g/mol.